The molecule has 3 heteroatoms. The van der Waals surface area contributed by atoms with Crippen molar-refractivity contribution in [2.24, 2.45) is 5.41 Å². The summed E-state index contributed by atoms with van der Waals surface area (Å²) in [6, 6.07) is 4.53. The molecule has 1 saturated carbocycles. The maximum Gasteiger partial charge on any atom is 0.170 e. The molecule has 1 heterocycles. The van der Waals surface area contributed by atoms with E-state index in [2.05, 4.69) is 4.98 Å². The number of aromatic amines is 1. The van der Waals surface area contributed by atoms with Crippen molar-refractivity contribution in [3.63, 3.8) is 0 Å². The normalized spacial score (nSPS) is 18.3. The van der Waals surface area contributed by atoms with Crippen LogP contribution in [0.2, 0.25) is 0 Å². The van der Waals surface area contributed by atoms with Crippen LogP contribution in [0.1, 0.15) is 43.0 Å². The van der Waals surface area contributed by atoms with Gasteiger partial charge >= 0.3 is 0 Å². The lowest BCUT2D eigenvalue weighted by atomic mass is 9.81. The first-order valence-corrected chi connectivity index (χ1v) is 6.42. The zero-order chi connectivity index (χ0) is 12.8. The highest BCUT2D eigenvalue weighted by Gasteiger charge is 2.37. The molecule has 0 atom stereocenters. The second kappa shape index (κ2) is 3.94. The van der Waals surface area contributed by atoms with E-state index in [-0.39, 0.29) is 17.0 Å². The largest absolute Gasteiger partial charge is 0.360 e. The number of fused-ring (bicyclic) bond motifs is 1. The molecule has 0 saturated heterocycles. The molecule has 1 fully saturated rings. The molecule has 1 aromatic carbocycles. The van der Waals surface area contributed by atoms with Crippen LogP contribution in [-0.4, -0.2) is 10.8 Å². The summed E-state index contributed by atoms with van der Waals surface area (Å²) in [7, 11) is 0. The minimum absolute atomic E-state index is 0.150. The minimum Gasteiger partial charge on any atom is -0.360 e. The highest BCUT2D eigenvalue weighted by atomic mass is 19.1. The number of Topliss-reactive ketones (excluding diaryl/α,β-unsaturated/α-hetero) is 1. The second-order valence-corrected chi connectivity index (χ2v) is 5.49. The fraction of sp³-hybridized carbons (Fsp3) is 0.400. The Kier molecular flexibility index (Phi) is 2.51. The highest BCUT2D eigenvalue weighted by Crippen LogP contribution is 2.41. The molecule has 1 aromatic heterocycles. The van der Waals surface area contributed by atoms with Gasteiger partial charge in [-0.1, -0.05) is 19.8 Å². The molecule has 2 aromatic rings. The van der Waals surface area contributed by atoms with Gasteiger partial charge in [-0.15, -0.1) is 0 Å². The molecule has 1 aliphatic carbocycles. The number of nitrogens with one attached hydrogen (secondary N) is 1. The van der Waals surface area contributed by atoms with Gasteiger partial charge in [0.25, 0.3) is 0 Å². The van der Waals surface area contributed by atoms with Crippen molar-refractivity contribution in [1.82, 2.24) is 4.98 Å². The Morgan fingerprint density at radius 2 is 2.06 bits per heavy atom. The van der Waals surface area contributed by atoms with Gasteiger partial charge in [0, 0.05) is 28.1 Å². The number of benzene rings is 1. The number of rotatable bonds is 2. The molecule has 2 nitrogen and oxygen atoms in total. The fourth-order valence-electron chi connectivity index (χ4n) is 2.99. The first kappa shape index (κ1) is 11.5. The van der Waals surface area contributed by atoms with Gasteiger partial charge in [0.1, 0.15) is 5.82 Å². The van der Waals surface area contributed by atoms with E-state index in [0.29, 0.717) is 10.9 Å². The fourth-order valence-corrected chi connectivity index (χ4v) is 2.99. The molecular formula is C15H16FNO. The number of hydrogen-bond donors (Lipinski definition) is 1. The summed E-state index contributed by atoms with van der Waals surface area (Å²) in [6.45, 7) is 2.03. The van der Waals surface area contributed by atoms with Gasteiger partial charge in [0.15, 0.2) is 5.78 Å². The molecule has 94 valence electrons. The van der Waals surface area contributed by atoms with Crippen LogP contribution in [0, 0.1) is 11.2 Å². The summed E-state index contributed by atoms with van der Waals surface area (Å²) in [4.78, 5) is 15.7. The standard InChI is InChI=1S/C15H16FNO/c1-15(6-2-3-7-15)14(18)12-9-17-13-5-4-10(16)8-11(12)13/h4-5,8-9,17H,2-3,6-7H2,1H3. The molecule has 3 rings (SSSR count). The molecule has 0 spiro atoms. The highest BCUT2D eigenvalue weighted by molar-refractivity contribution is 6.10. The third kappa shape index (κ3) is 1.65. The average Bonchev–Trinajstić information content (AvgIpc) is 2.95. The van der Waals surface area contributed by atoms with Gasteiger partial charge in [-0.25, -0.2) is 4.39 Å². The zero-order valence-electron chi connectivity index (χ0n) is 10.4. The van der Waals surface area contributed by atoms with Crippen LogP contribution in [0.5, 0.6) is 0 Å². The number of aromatic nitrogens is 1. The first-order valence-electron chi connectivity index (χ1n) is 6.42. The van der Waals surface area contributed by atoms with E-state index in [4.69, 9.17) is 0 Å². The van der Waals surface area contributed by atoms with E-state index < -0.39 is 0 Å². The van der Waals surface area contributed by atoms with Crippen molar-refractivity contribution < 1.29 is 9.18 Å². The van der Waals surface area contributed by atoms with Gasteiger partial charge < -0.3 is 4.98 Å². The summed E-state index contributed by atoms with van der Waals surface area (Å²) in [5.41, 5.74) is 1.19. The summed E-state index contributed by atoms with van der Waals surface area (Å²) >= 11 is 0. The smallest absolute Gasteiger partial charge is 0.170 e. The quantitative estimate of drug-likeness (QED) is 0.795. The van der Waals surface area contributed by atoms with Crippen LogP contribution in [0.25, 0.3) is 10.9 Å². The number of ketones is 1. The molecular weight excluding hydrogens is 229 g/mol. The molecule has 0 unspecified atom stereocenters. The van der Waals surface area contributed by atoms with E-state index in [1.54, 1.807) is 12.3 Å². The van der Waals surface area contributed by atoms with E-state index in [1.807, 2.05) is 6.92 Å². The number of carbonyl (C=O) groups is 1. The maximum atomic E-state index is 13.3. The average molecular weight is 245 g/mol. The Labute approximate surface area is 105 Å². The summed E-state index contributed by atoms with van der Waals surface area (Å²) in [5.74, 6) is -0.149. The second-order valence-electron chi connectivity index (χ2n) is 5.49. The van der Waals surface area contributed by atoms with Crippen molar-refractivity contribution >= 4 is 16.7 Å². The monoisotopic (exact) mass is 245 g/mol. The van der Waals surface area contributed by atoms with E-state index in [1.165, 1.54) is 12.1 Å². The number of H-pyrrole nitrogens is 1. The Morgan fingerprint density at radius 3 is 2.78 bits per heavy atom. The minimum atomic E-state index is -0.298. The molecule has 1 N–H and O–H groups in total. The number of carbonyl (C=O) groups excluding carboxylic acids is 1. The van der Waals surface area contributed by atoms with Crippen LogP contribution >= 0.6 is 0 Å². The van der Waals surface area contributed by atoms with Crippen LogP contribution in [0.3, 0.4) is 0 Å². The van der Waals surface area contributed by atoms with Crippen molar-refractivity contribution in [3.8, 4) is 0 Å². The Bertz CT molecular complexity index is 608. The van der Waals surface area contributed by atoms with Gasteiger partial charge in [-0.2, -0.15) is 0 Å². The molecule has 18 heavy (non-hydrogen) atoms. The maximum absolute atomic E-state index is 13.3. The van der Waals surface area contributed by atoms with Crippen molar-refractivity contribution in [1.29, 1.82) is 0 Å². The van der Waals surface area contributed by atoms with Gasteiger partial charge in [0.2, 0.25) is 0 Å². The molecule has 1 aliphatic rings. The third-order valence-electron chi connectivity index (χ3n) is 4.14. The third-order valence-corrected chi connectivity index (χ3v) is 4.14. The Hall–Kier alpha value is -1.64. The van der Waals surface area contributed by atoms with Crippen LogP contribution in [-0.2, 0) is 0 Å². The Balaban J connectivity index is 2.09. The van der Waals surface area contributed by atoms with Crippen LogP contribution < -0.4 is 0 Å². The first-order chi connectivity index (χ1) is 8.60. The number of hydrogen-bond acceptors (Lipinski definition) is 1. The van der Waals surface area contributed by atoms with Gasteiger partial charge in [-0.05, 0) is 31.0 Å². The summed E-state index contributed by atoms with van der Waals surface area (Å²) in [6.07, 6.45) is 5.82. The van der Waals surface area contributed by atoms with Crippen LogP contribution in [0.15, 0.2) is 24.4 Å². The zero-order valence-corrected chi connectivity index (χ0v) is 10.4. The predicted molar refractivity (Wildman–Crippen MR) is 69.2 cm³/mol. The molecule has 0 aliphatic heterocycles. The van der Waals surface area contributed by atoms with Crippen molar-refractivity contribution in [2.75, 3.05) is 0 Å². The SMILES string of the molecule is CC1(C(=O)c2c[nH]c3ccc(F)cc23)CCCC1. The van der Waals surface area contributed by atoms with Gasteiger partial charge in [0.05, 0.1) is 0 Å². The molecule has 0 bridgehead atoms. The summed E-state index contributed by atoms with van der Waals surface area (Å²) < 4.78 is 13.3. The lowest BCUT2D eigenvalue weighted by molar-refractivity contribution is 0.0825. The number of halogens is 1. The predicted octanol–water partition coefficient (Wildman–Crippen LogP) is 4.07. The Morgan fingerprint density at radius 1 is 1.33 bits per heavy atom. The molecule has 0 radical (unpaired) electrons. The lowest BCUT2D eigenvalue weighted by Gasteiger charge is -2.21. The van der Waals surface area contributed by atoms with E-state index in [9.17, 15) is 9.18 Å². The van der Waals surface area contributed by atoms with Crippen molar-refractivity contribution in [3.05, 3.63) is 35.8 Å². The van der Waals surface area contributed by atoms with E-state index in [0.717, 1.165) is 31.2 Å². The van der Waals surface area contributed by atoms with E-state index >= 15 is 0 Å². The van der Waals surface area contributed by atoms with Crippen molar-refractivity contribution in [2.45, 2.75) is 32.6 Å². The van der Waals surface area contributed by atoms with Gasteiger partial charge in [-0.3, -0.25) is 4.79 Å². The molecule has 0 amide bonds. The summed E-state index contributed by atoms with van der Waals surface area (Å²) in [5, 5.41) is 0.702. The lowest BCUT2D eigenvalue weighted by Crippen LogP contribution is -2.24. The topological polar surface area (TPSA) is 32.9 Å². The van der Waals surface area contributed by atoms with Crippen LogP contribution in [0.4, 0.5) is 4.39 Å².